The molecule has 0 spiro atoms. The van der Waals surface area contributed by atoms with Crippen LogP contribution in [0.25, 0.3) is 22.2 Å². The van der Waals surface area contributed by atoms with Gasteiger partial charge in [-0.1, -0.05) is 31.4 Å². The Balaban J connectivity index is 1.26. The van der Waals surface area contributed by atoms with E-state index in [4.69, 9.17) is 9.98 Å². The van der Waals surface area contributed by atoms with Crippen molar-refractivity contribution >= 4 is 22.7 Å². The molecule has 176 valence electrons. The molecule has 4 heterocycles. The van der Waals surface area contributed by atoms with Gasteiger partial charge in [0.1, 0.15) is 5.71 Å². The number of aliphatic imine (C=N–C) groups is 1. The van der Waals surface area contributed by atoms with Gasteiger partial charge in [-0.3, -0.25) is 19.8 Å². The summed E-state index contributed by atoms with van der Waals surface area (Å²) in [6, 6.07) is 10.2. The monoisotopic (exact) mass is 464 g/mol. The van der Waals surface area contributed by atoms with Gasteiger partial charge in [0.05, 0.1) is 22.8 Å². The van der Waals surface area contributed by atoms with Crippen LogP contribution in [0.15, 0.2) is 60.1 Å². The van der Waals surface area contributed by atoms with E-state index in [9.17, 15) is 4.79 Å². The summed E-state index contributed by atoms with van der Waals surface area (Å²) in [6.07, 6.45) is 14.1. The lowest BCUT2D eigenvalue weighted by atomic mass is 9.89. The molecule has 35 heavy (non-hydrogen) atoms. The molecule has 0 saturated heterocycles. The van der Waals surface area contributed by atoms with Gasteiger partial charge < -0.3 is 10.3 Å². The molecule has 1 amide bonds. The minimum atomic E-state index is -0.0546. The van der Waals surface area contributed by atoms with Gasteiger partial charge in [-0.05, 0) is 54.5 Å². The normalized spacial score (nSPS) is 16.1. The molecule has 7 nitrogen and oxygen atoms in total. The van der Waals surface area contributed by atoms with Gasteiger partial charge in [0, 0.05) is 42.8 Å². The largest absolute Gasteiger partial charge is 0.352 e. The number of H-pyrrole nitrogens is 1. The third kappa shape index (κ3) is 4.46. The van der Waals surface area contributed by atoms with Crippen LogP contribution in [0.3, 0.4) is 0 Å². The van der Waals surface area contributed by atoms with E-state index >= 15 is 0 Å². The summed E-state index contributed by atoms with van der Waals surface area (Å²) in [4.78, 5) is 34.3. The topological polar surface area (TPSA) is 95.9 Å². The number of aromatic nitrogens is 4. The SMILES string of the molecule is O=C(NCC1CCCCC1)c1cncc(-c2ccc3c(c2)C(c2nc4ccncc4[nH]2)=NCC3)c1. The minimum absolute atomic E-state index is 0.0546. The number of benzene rings is 1. The molecule has 7 heteroatoms. The Bertz CT molecular complexity index is 1380. The van der Waals surface area contributed by atoms with Crippen LogP contribution in [0.4, 0.5) is 0 Å². The van der Waals surface area contributed by atoms with E-state index in [1.807, 2.05) is 18.3 Å². The van der Waals surface area contributed by atoms with Crippen LogP contribution >= 0.6 is 0 Å². The molecule has 3 aromatic heterocycles. The van der Waals surface area contributed by atoms with E-state index in [1.54, 1.807) is 18.6 Å². The quantitative estimate of drug-likeness (QED) is 0.447. The van der Waals surface area contributed by atoms with Crippen molar-refractivity contribution in [1.29, 1.82) is 0 Å². The van der Waals surface area contributed by atoms with Gasteiger partial charge in [-0.2, -0.15) is 0 Å². The molecule has 2 N–H and O–H groups in total. The van der Waals surface area contributed by atoms with Crippen LogP contribution in [-0.2, 0) is 6.42 Å². The fourth-order valence-electron chi connectivity index (χ4n) is 5.19. The molecule has 1 aromatic carbocycles. The third-order valence-electron chi connectivity index (χ3n) is 7.13. The predicted molar refractivity (Wildman–Crippen MR) is 137 cm³/mol. The number of rotatable bonds is 5. The summed E-state index contributed by atoms with van der Waals surface area (Å²) in [5, 5.41) is 3.12. The maximum absolute atomic E-state index is 12.8. The molecule has 1 fully saturated rings. The summed E-state index contributed by atoms with van der Waals surface area (Å²) < 4.78 is 0. The summed E-state index contributed by atoms with van der Waals surface area (Å²) in [7, 11) is 0. The first kappa shape index (κ1) is 21.6. The summed E-state index contributed by atoms with van der Waals surface area (Å²) in [5.74, 6) is 1.29. The van der Waals surface area contributed by atoms with E-state index in [1.165, 1.54) is 37.7 Å². The number of carbonyl (C=O) groups is 1. The van der Waals surface area contributed by atoms with Gasteiger partial charge in [0.15, 0.2) is 5.82 Å². The Labute approximate surface area is 204 Å². The number of pyridine rings is 2. The Morgan fingerprint density at radius 2 is 1.91 bits per heavy atom. The number of nitrogens with zero attached hydrogens (tertiary/aromatic N) is 4. The molecule has 0 radical (unpaired) electrons. The Morgan fingerprint density at radius 3 is 2.80 bits per heavy atom. The number of fused-ring (bicyclic) bond motifs is 2. The lowest BCUT2D eigenvalue weighted by Crippen LogP contribution is -2.30. The van der Waals surface area contributed by atoms with Crippen molar-refractivity contribution in [2.75, 3.05) is 13.1 Å². The molecule has 1 aliphatic heterocycles. The smallest absolute Gasteiger partial charge is 0.252 e. The summed E-state index contributed by atoms with van der Waals surface area (Å²) in [6.45, 7) is 1.48. The van der Waals surface area contributed by atoms with Crippen molar-refractivity contribution in [3.63, 3.8) is 0 Å². The van der Waals surface area contributed by atoms with E-state index in [0.29, 0.717) is 11.5 Å². The molecule has 6 rings (SSSR count). The number of nitrogens with one attached hydrogen (secondary N) is 2. The highest BCUT2D eigenvalue weighted by Gasteiger charge is 2.20. The standard InChI is InChI=1S/C28H28N6O/c35-28(32-14-18-4-2-1-3-5-18)22-12-21(15-30-16-22)20-7-6-19-8-11-31-26(23(19)13-20)27-33-24-9-10-29-17-25(24)34-27/h6-7,9-10,12-13,15-18H,1-5,8,11,14H2,(H,32,35)(H,33,34). The molecular weight excluding hydrogens is 436 g/mol. The molecule has 1 saturated carbocycles. The first-order valence-corrected chi connectivity index (χ1v) is 12.5. The third-order valence-corrected chi connectivity index (χ3v) is 7.13. The van der Waals surface area contributed by atoms with Crippen LogP contribution in [0.1, 0.15) is 59.4 Å². The fraction of sp³-hybridized carbons (Fsp3) is 0.321. The van der Waals surface area contributed by atoms with Crippen LogP contribution in [-0.4, -0.2) is 44.6 Å². The molecule has 0 bridgehead atoms. The van der Waals surface area contributed by atoms with Crippen molar-refractivity contribution in [2.24, 2.45) is 10.9 Å². The van der Waals surface area contributed by atoms with E-state index < -0.39 is 0 Å². The number of aromatic amines is 1. The van der Waals surface area contributed by atoms with Gasteiger partial charge in [-0.25, -0.2) is 4.98 Å². The number of carbonyl (C=O) groups excluding carboxylic acids is 1. The molecule has 2 aliphatic rings. The lowest BCUT2D eigenvalue weighted by Gasteiger charge is -2.21. The molecule has 4 aromatic rings. The maximum atomic E-state index is 12.8. The lowest BCUT2D eigenvalue weighted by molar-refractivity contribution is 0.0943. The van der Waals surface area contributed by atoms with Crippen LogP contribution < -0.4 is 5.32 Å². The van der Waals surface area contributed by atoms with Crippen molar-refractivity contribution < 1.29 is 4.79 Å². The van der Waals surface area contributed by atoms with Gasteiger partial charge in [0.2, 0.25) is 0 Å². The highest BCUT2D eigenvalue weighted by molar-refractivity contribution is 6.13. The summed E-state index contributed by atoms with van der Waals surface area (Å²) >= 11 is 0. The first-order valence-electron chi connectivity index (χ1n) is 12.5. The van der Waals surface area contributed by atoms with E-state index in [0.717, 1.165) is 58.8 Å². The highest BCUT2D eigenvalue weighted by Crippen LogP contribution is 2.28. The Hall–Kier alpha value is -3.87. The van der Waals surface area contributed by atoms with Crippen molar-refractivity contribution in [3.8, 4) is 11.1 Å². The van der Waals surface area contributed by atoms with E-state index in [2.05, 4.69) is 38.5 Å². The highest BCUT2D eigenvalue weighted by atomic mass is 16.1. The molecule has 1 aliphatic carbocycles. The second-order valence-corrected chi connectivity index (χ2v) is 9.51. The minimum Gasteiger partial charge on any atom is -0.352 e. The van der Waals surface area contributed by atoms with Gasteiger partial charge in [-0.15, -0.1) is 0 Å². The Kier molecular flexibility index (Phi) is 5.82. The molecule has 0 atom stereocenters. The van der Waals surface area contributed by atoms with Crippen LogP contribution in [0.5, 0.6) is 0 Å². The fourth-order valence-corrected chi connectivity index (χ4v) is 5.19. The van der Waals surface area contributed by atoms with Crippen molar-refractivity contribution in [1.82, 2.24) is 25.3 Å². The number of imidazole rings is 1. The first-order chi connectivity index (χ1) is 17.2. The molecule has 0 unspecified atom stereocenters. The van der Waals surface area contributed by atoms with Crippen LogP contribution in [0, 0.1) is 5.92 Å². The second kappa shape index (κ2) is 9.41. The van der Waals surface area contributed by atoms with Crippen molar-refractivity contribution in [2.45, 2.75) is 38.5 Å². The number of amides is 1. The Morgan fingerprint density at radius 1 is 1.00 bits per heavy atom. The van der Waals surface area contributed by atoms with E-state index in [-0.39, 0.29) is 5.91 Å². The molecular formula is C28H28N6O. The zero-order valence-corrected chi connectivity index (χ0v) is 19.6. The average molecular weight is 465 g/mol. The number of hydrogen-bond acceptors (Lipinski definition) is 5. The van der Waals surface area contributed by atoms with Crippen molar-refractivity contribution in [3.05, 3.63) is 77.6 Å². The zero-order chi connectivity index (χ0) is 23.6. The maximum Gasteiger partial charge on any atom is 0.252 e. The van der Waals surface area contributed by atoms with Gasteiger partial charge >= 0.3 is 0 Å². The average Bonchev–Trinajstić information content (AvgIpc) is 3.36. The predicted octanol–water partition coefficient (Wildman–Crippen LogP) is 4.72. The number of hydrogen-bond donors (Lipinski definition) is 2. The second-order valence-electron chi connectivity index (χ2n) is 9.51. The van der Waals surface area contributed by atoms with Crippen LogP contribution in [0.2, 0.25) is 0 Å². The zero-order valence-electron chi connectivity index (χ0n) is 19.6. The summed E-state index contributed by atoms with van der Waals surface area (Å²) in [5.41, 5.74) is 7.44. The van der Waals surface area contributed by atoms with Gasteiger partial charge in [0.25, 0.3) is 5.91 Å².